The molecule has 6 nitrogen and oxygen atoms in total. The van der Waals surface area contributed by atoms with Gasteiger partial charge < -0.3 is 19.6 Å². The summed E-state index contributed by atoms with van der Waals surface area (Å²) in [5.41, 5.74) is -0.694. The molecule has 0 aliphatic carbocycles. The van der Waals surface area contributed by atoms with Gasteiger partial charge >= 0.3 is 0 Å². The zero-order valence-electron chi connectivity index (χ0n) is 12.6. The van der Waals surface area contributed by atoms with Crippen molar-refractivity contribution < 1.29 is 19.4 Å². The average molecular weight is 296 g/mol. The molecule has 0 bridgehead atoms. The van der Waals surface area contributed by atoms with Crippen molar-refractivity contribution in [3.63, 3.8) is 0 Å². The molecule has 3 aliphatic heterocycles. The number of carbonyl (C=O) groups is 2. The van der Waals surface area contributed by atoms with E-state index in [2.05, 4.69) is 0 Å². The van der Waals surface area contributed by atoms with Gasteiger partial charge in [-0.3, -0.25) is 9.59 Å². The molecule has 3 aliphatic rings. The van der Waals surface area contributed by atoms with Crippen molar-refractivity contribution in [3.8, 4) is 0 Å². The number of rotatable bonds is 2. The molecule has 2 atom stereocenters. The van der Waals surface area contributed by atoms with Gasteiger partial charge in [-0.25, -0.2) is 0 Å². The number of hydrogen-bond acceptors (Lipinski definition) is 4. The number of fused-ring (bicyclic) bond motifs is 1. The highest BCUT2D eigenvalue weighted by molar-refractivity contribution is 5.86. The molecule has 0 radical (unpaired) electrons. The second-order valence-electron chi connectivity index (χ2n) is 6.68. The summed E-state index contributed by atoms with van der Waals surface area (Å²) in [7, 11) is 1.83. The number of ether oxygens (including phenoxy) is 1. The number of nitrogens with zero attached hydrogens (tertiary/aromatic N) is 2. The van der Waals surface area contributed by atoms with E-state index in [1.807, 2.05) is 11.9 Å². The lowest BCUT2D eigenvalue weighted by molar-refractivity contribution is -0.150. The van der Waals surface area contributed by atoms with Crippen LogP contribution in [-0.2, 0) is 14.3 Å². The normalized spacial score (nSPS) is 32.2. The van der Waals surface area contributed by atoms with E-state index in [1.165, 1.54) is 0 Å². The van der Waals surface area contributed by atoms with Crippen molar-refractivity contribution in [3.05, 3.63) is 0 Å². The fourth-order valence-electron chi connectivity index (χ4n) is 3.90. The van der Waals surface area contributed by atoms with E-state index in [9.17, 15) is 14.7 Å². The van der Waals surface area contributed by atoms with Gasteiger partial charge in [-0.05, 0) is 25.2 Å². The Hall–Kier alpha value is -1.14. The predicted octanol–water partition coefficient (Wildman–Crippen LogP) is -0.288. The van der Waals surface area contributed by atoms with Crippen LogP contribution in [0.5, 0.6) is 0 Å². The highest BCUT2D eigenvalue weighted by Crippen LogP contribution is 2.37. The minimum Gasteiger partial charge on any atom is -0.395 e. The summed E-state index contributed by atoms with van der Waals surface area (Å²) in [5.74, 6) is 0.404. The highest BCUT2D eigenvalue weighted by Gasteiger charge is 2.48. The van der Waals surface area contributed by atoms with Gasteiger partial charge in [0.2, 0.25) is 11.8 Å². The maximum absolute atomic E-state index is 12.9. The lowest BCUT2D eigenvalue weighted by atomic mass is 9.79. The Bertz CT molecular complexity index is 433. The lowest BCUT2D eigenvalue weighted by Crippen LogP contribution is -2.48. The zero-order chi connectivity index (χ0) is 15.0. The topological polar surface area (TPSA) is 70.1 Å². The van der Waals surface area contributed by atoms with Crippen LogP contribution in [0.15, 0.2) is 0 Å². The number of aliphatic hydroxyl groups excluding tert-OH is 1. The maximum atomic E-state index is 12.9. The maximum Gasteiger partial charge on any atom is 0.231 e. The lowest BCUT2D eigenvalue weighted by Gasteiger charge is -2.37. The average Bonchev–Trinajstić information content (AvgIpc) is 2.96. The summed E-state index contributed by atoms with van der Waals surface area (Å²) in [6.45, 7) is 2.86. The molecular formula is C15H24N2O4. The van der Waals surface area contributed by atoms with Crippen molar-refractivity contribution >= 4 is 11.8 Å². The molecule has 0 unspecified atom stereocenters. The number of piperidine rings is 1. The van der Waals surface area contributed by atoms with Crippen LogP contribution in [-0.4, -0.2) is 73.2 Å². The first-order valence-electron chi connectivity index (χ1n) is 7.80. The molecule has 21 heavy (non-hydrogen) atoms. The molecule has 2 amide bonds. The van der Waals surface area contributed by atoms with Gasteiger partial charge in [0.15, 0.2) is 0 Å². The summed E-state index contributed by atoms with van der Waals surface area (Å²) in [4.78, 5) is 28.7. The first-order chi connectivity index (χ1) is 10.1. The quantitative estimate of drug-likeness (QED) is 0.760. The van der Waals surface area contributed by atoms with Crippen LogP contribution in [0.1, 0.15) is 19.3 Å². The largest absolute Gasteiger partial charge is 0.395 e. The van der Waals surface area contributed by atoms with E-state index < -0.39 is 5.41 Å². The molecule has 1 N–H and O–H groups in total. The van der Waals surface area contributed by atoms with Gasteiger partial charge in [0.1, 0.15) is 0 Å². The Morgan fingerprint density at radius 2 is 2.10 bits per heavy atom. The molecule has 0 aromatic carbocycles. The Labute approximate surface area is 125 Å². The van der Waals surface area contributed by atoms with E-state index in [1.54, 1.807) is 4.90 Å². The Balaban J connectivity index is 1.73. The summed E-state index contributed by atoms with van der Waals surface area (Å²) in [5, 5.41) is 9.75. The minimum absolute atomic E-state index is 0.0122. The van der Waals surface area contributed by atoms with Gasteiger partial charge in [0.05, 0.1) is 17.9 Å². The Morgan fingerprint density at radius 3 is 2.76 bits per heavy atom. The van der Waals surface area contributed by atoms with Crippen molar-refractivity contribution in [1.82, 2.24) is 9.80 Å². The number of carbonyl (C=O) groups excluding carboxylic acids is 2. The molecule has 3 rings (SSSR count). The molecule has 118 valence electrons. The monoisotopic (exact) mass is 296 g/mol. The molecule has 3 saturated heterocycles. The summed E-state index contributed by atoms with van der Waals surface area (Å²) < 4.78 is 5.32. The van der Waals surface area contributed by atoms with Crippen molar-refractivity contribution in [2.45, 2.75) is 19.3 Å². The summed E-state index contributed by atoms with van der Waals surface area (Å²) >= 11 is 0. The Morgan fingerprint density at radius 1 is 1.38 bits per heavy atom. The van der Waals surface area contributed by atoms with Crippen molar-refractivity contribution in [2.75, 3.05) is 46.5 Å². The summed E-state index contributed by atoms with van der Waals surface area (Å²) in [6, 6.07) is 0. The zero-order valence-corrected chi connectivity index (χ0v) is 12.6. The molecule has 0 aromatic heterocycles. The molecule has 3 fully saturated rings. The van der Waals surface area contributed by atoms with Gasteiger partial charge in [-0.15, -0.1) is 0 Å². The Kier molecular flexibility index (Phi) is 3.92. The SMILES string of the molecule is CN1CC[C@@H]2CN(C(=O)C3(CO)CCOCC3)C[C@@H]2C1=O. The second-order valence-corrected chi connectivity index (χ2v) is 6.68. The standard InChI is InChI=1S/C15H24N2O4/c1-16-5-2-11-8-17(9-12(11)13(16)19)14(20)15(10-18)3-6-21-7-4-15/h11-12,18H,2-10H2,1H3/t11-,12+/m1/s1. The number of hydrogen-bond donors (Lipinski definition) is 1. The van der Waals surface area contributed by atoms with E-state index in [0.29, 0.717) is 39.1 Å². The van der Waals surface area contributed by atoms with Crippen LogP contribution in [0.3, 0.4) is 0 Å². The molecule has 0 aromatic rings. The molecule has 0 spiro atoms. The van der Waals surface area contributed by atoms with Gasteiger partial charge in [0.25, 0.3) is 0 Å². The predicted molar refractivity (Wildman–Crippen MR) is 75.4 cm³/mol. The van der Waals surface area contributed by atoms with Gasteiger partial charge in [-0.2, -0.15) is 0 Å². The molecule has 6 heteroatoms. The van der Waals surface area contributed by atoms with Crippen molar-refractivity contribution in [1.29, 1.82) is 0 Å². The van der Waals surface area contributed by atoms with Crippen molar-refractivity contribution in [2.24, 2.45) is 17.3 Å². The molecular weight excluding hydrogens is 272 g/mol. The minimum atomic E-state index is -0.694. The summed E-state index contributed by atoms with van der Waals surface area (Å²) in [6.07, 6.45) is 2.11. The van der Waals surface area contributed by atoms with E-state index >= 15 is 0 Å². The van der Waals surface area contributed by atoms with Crippen LogP contribution in [0.4, 0.5) is 0 Å². The fourth-order valence-corrected chi connectivity index (χ4v) is 3.90. The smallest absolute Gasteiger partial charge is 0.231 e. The van der Waals surface area contributed by atoms with Gasteiger partial charge in [0, 0.05) is 39.9 Å². The first-order valence-corrected chi connectivity index (χ1v) is 7.80. The third kappa shape index (κ3) is 2.44. The number of likely N-dealkylation sites (tertiary alicyclic amines) is 2. The third-order valence-electron chi connectivity index (χ3n) is 5.46. The number of amides is 2. The fraction of sp³-hybridized carbons (Fsp3) is 0.867. The van der Waals surface area contributed by atoms with E-state index in [-0.39, 0.29) is 30.3 Å². The number of aliphatic hydroxyl groups is 1. The van der Waals surface area contributed by atoms with Crippen LogP contribution in [0.25, 0.3) is 0 Å². The van der Waals surface area contributed by atoms with E-state index in [4.69, 9.17) is 4.74 Å². The third-order valence-corrected chi connectivity index (χ3v) is 5.46. The first kappa shape index (κ1) is 14.8. The molecule has 3 heterocycles. The second kappa shape index (κ2) is 5.57. The van der Waals surface area contributed by atoms with Crippen LogP contribution >= 0.6 is 0 Å². The van der Waals surface area contributed by atoms with Crippen LogP contribution in [0.2, 0.25) is 0 Å². The van der Waals surface area contributed by atoms with Gasteiger partial charge in [-0.1, -0.05) is 0 Å². The van der Waals surface area contributed by atoms with Crippen LogP contribution < -0.4 is 0 Å². The molecule has 0 saturated carbocycles. The van der Waals surface area contributed by atoms with Crippen LogP contribution in [0, 0.1) is 17.3 Å². The highest BCUT2D eigenvalue weighted by atomic mass is 16.5. The van der Waals surface area contributed by atoms with E-state index in [0.717, 1.165) is 13.0 Å².